The Morgan fingerprint density at radius 1 is 1.53 bits per heavy atom. The number of hydrogen-bond donors (Lipinski definition) is 1. The first-order chi connectivity index (χ1) is 9.11. The molecular weight excluding hydrogens is 262 g/mol. The third kappa shape index (κ3) is 3.59. The van der Waals surface area contributed by atoms with E-state index in [1.165, 1.54) is 0 Å². The van der Waals surface area contributed by atoms with Crippen LogP contribution in [0.15, 0.2) is 12.1 Å². The van der Waals surface area contributed by atoms with E-state index in [2.05, 4.69) is 36.1 Å². The molecule has 2 heterocycles. The zero-order valence-electron chi connectivity index (χ0n) is 11.8. The normalized spacial score (nSPS) is 23.0. The molecule has 1 aromatic rings. The van der Waals surface area contributed by atoms with Crippen LogP contribution in [0.4, 0.5) is 5.82 Å². The predicted molar refractivity (Wildman–Crippen MR) is 78.7 cm³/mol. The van der Waals surface area contributed by atoms with Crippen molar-refractivity contribution in [1.82, 2.24) is 9.88 Å². The maximum Gasteiger partial charge on any atom is 0.126 e. The van der Waals surface area contributed by atoms with Crippen LogP contribution in [0, 0.1) is 0 Å². The maximum atomic E-state index is 6.24. The van der Waals surface area contributed by atoms with Crippen LogP contribution in [0.3, 0.4) is 0 Å². The quantitative estimate of drug-likeness (QED) is 0.902. The SMILES string of the molecule is CCNc1ccc(Cl)c(CN(C)C2CCOC2C)n1. The van der Waals surface area contributed by atoms with E-state index in [4.69, 9.17) is 16.3 Å². The molecule has 0 spiro atoms. The van der Waals surface area contributed by atoms with Crippen LogP contribution in [-0.4, -0.2) is 42.2 Å². The van der Waals surface area contributed by atoms with E-state index >= 15 is 0 Å². The molecule has 2 unspecified atom stereocenters. The first kappa shape index (κ1) is 14.6. The van der Waals surface area contributed by atoms with Crippen molar-refractivity contribution in [3.05, 3.63) is 22.8 Å². The van der Waals surface area contributed by atoms with Crippen LogP contribution < -0.4 is 5.32 Å². The summed E-state index contributed by atoms with van der Waals surface area (Å²) in [6, 6.07) is 4.27. The van der Waals surface area contributed by atoms with Gasteiger partial charge in [-0.05, 0) is 39.4 Å². The summed E-state index contributed by atoms with van der Waals surface area (Å²) < 4.78 is 5.61. The van der Waals surface area contributed by atoms with Crippen LogP contribution in [0.1, 0.15) is 26.0 Å². The lowest BCUT2D eigenvalue weighted by atomic mass is 10.1. The number of pyridine rings is 1. The van der Waals surface area contributed by atoms with E-state index in [1.807, 2.05) is 12.1 Å². The van der Waals surface area contributed by atoms with E-state index < -0.39 is 0 Å². The minimum absolute atomic E-state index is 0.278. The fourth-order valence-electron chi connectivity index (χ4n) is 2.53. The molecule has 0 saturated carbocycles. The molecule has 0 radical (unpaired) electrons. The van der Waals surface area contributed by atoms with Gasteiger partial charge in [-0.3, -0.25) is 4.90 Å². The largest absolute Gasteiger partial charge is 0.377 e. The van der Waals surface area contributed by atoms with Crippen molar-refractivity contribution < 1.29 is 4.74 Å². The highest BCUT2D eigenvalue weighted by Gasteiger charge is 2.28. The molecule has 1 N–H and O–H groups in total. The van der Waals surface area contributed by atoms with Gasteiger partial charge >= 0.3 is 0 Å². The number of nitrogens with one attached hydrogen (secondary N) is 1. The smallest absolute Gasteiger partial charge is 0.126 e. The molecule has 1 aliphatic rings. The third-order valence-electron chi connectivity index (χ3n) is 3.58. The summed E-state index contributed by atoms with van der Waals surface area (Å²) in [7, 11) is 2.10. The van der Waals surface area contributed by atoms with Crippen molar-refractivity contribution in [2.75, 3.05) is 25.5 Å². The lowest BCUT2D eigenvalue weighted by Crippen LogP contribution is -2.36. The second-order valence-electron chi connectivity index (χ2n) is 5.00. The number of rotatable bonds is 5. The van der Waals surface area contributed by atoms with Gasteiger partial charge in [-0.1, -0.05) is 11.6 Å². The third-order valence-corrected chi connectivity index (χ3v) is 3.92. The molecule has 4 nitrogen and oxygen atoms in total. The molecule has 2 atom stereocenters. The Hall–Kier alpha value is -0.840. The van der Waals surface area contributed by atoms with Gasteiger partial charge in [0.15, 0.2) is 0 Å². The van der Waals surface area contributed by atoms with Crippen molar-refractivity contribution in [2.45, 2.75) is 39.0 Å². The molecule has 2 rings (SSSR count). The van der Waals surface area contributed by atoms with Gasteiger partial charge in [0.1, 0.15) is 5.82 Å². The molecule has 1 aromatic heterocycles. The lowest BCUT2D eigenvalue weighted by molar-refractivity contribution is 0.0810. The topological polar surface area (TPSA) is 37.4 Å². The standard InChI is InChI=1S/C14H22ClN3O/c1-4-16-14-6-5-11(15)12(17-14)9-18(3)13-7-8-19-10(13)2/h5-6,10,13H,4,7-9H2,1-3H3,(H,16,17). The average Bonchev–Trinajstić information content (AvgIpc) is 2.80. The van der Waals surface area contributed by atoms with Gasteiger partial charge in [0.2, 0.25) is 0 Å². The highest BCUT2D eigenvalue weighted by Crippen LogP contribution is 2.23. The Morgan fingerprint density at radius 3 is 2.95 bits per heavy atom. The molecule has 0 aliphatic carbocycles. The molecule has 1 saturated heterocycles. The number of halogens is 1. The van der Waals surface area contributed by atoms with Gasteiger partial charge in [-0.15, -0.1) is 0 Å². The fourth-order valence-corrected chi connectivity index (χ4v) is 2.69. The van der Waals surface area contributed by atoms with Gasteiger partial charge < -0.3 is 10.1 Å². The molecule has 0 aromatic carbocycles. The van der Waals surface area contributed by atoms with Crippen molar-refractivity contribution in [3.63, 3.8) is 0 Å². The lowest BCUT2D eigenvalue weighted by Gasteiger charge is -2.26. The van der Waals surface area contributed by atoms with Crippen LogP contribution in [0.5, 0.6) is 0 Å². The van der Waals surface area contributed by atoms with Crippen molar-refractivity contribution in [3.8, 4) is 0 Å². The Labute approximate surface area is 120 Å². The van der Waals surface area contributed by atoms with E-state index in [-0.39, 0.29) is 6.10 Å². The molecule has 106 valence electrons. The first-order valence-corrected chi connectivity index (χ1v) is 7.20. The zero-order chi connectivity index (χ0) is 13.8. The molecule has 1 fully saturated rings. The molecule has 19 heavy (non-hydrogen) atoms. The van der Waals surface area contributed by atoms with Gasteiger partial charge in [-0.25, -0.2) is 4.98 Å². The zero-order valence-corrected chi connectivity index (χ0v) is 12.6. The predicted octanol–water partition coefficient (Wildman–Crippen LogP) is 2.78. The second kappa shape index (κ2) is 6.55. The first-order valence-electron chi connectivity index (χ1n) is 6.83. The summed E-state index contributed by atoms with van der Waals surface area (Å²) in [5, 5.41) is 3.94. The Morgan fingerprint density at radius 2 is 2.32 bits per heavy atom. The summed E-state index contributed by atoms with van der Waals surface area (Å²) in [5.74, 6) is 0.881. The molecular formula is C14H22ClN3O. The van der Waals surface area contributed by atoms with Crippen LogP contribution in [0.25, 0.3) is 0 Å². The number of likely N-dealkylation sites (N-methyl/N-ethyl adjacent to an activating group) is 1. The van der Waals surface area contributed by atoms with Gasteiger partial charge in [0.05, 0.1) is 16.8 Å². The number of anilines is 1. The highest BCUT2D eigenvalue weighted by atomic mass is 35.5. The number of aromatic nitrogens is 1. The summed E-state index contributed by atoms with van der Waals surface area (Å²) in [6.45, 7) is 6.63. The number of ether oxygens (including phenoxy) is 1. The van der Waals surface area contributed by atoms with Crippen LogP contribution in [0.2, 0.25) is 5.02 Å². The van der Waals surface area contributed by atoms with Crippen molar-refractivity contribution >= 4 is 17.4 Å². The molecule has 1 aliphatic heterocycles. The minimum Gasteiger partial charge on any atom is -0.377 e. The Bertz CT molecular complexity index is 427. The molecule has 0 amide bonds. The number of nitrogens with zero attached hydrogens (tertiary/aromatic N) is 2. The van der Waals surface area contributed by atoms with Gasteiger partial charge in [0.25, 0.3) is 0 Å². The summed E-state index contributed by atoms with van der Waals surface area (Å²) in [6.07, 6.45) is 1.35. The molecule has 0 bridgehead atoms. The summed E-state index contributed by atoms with van der Waals surface area (Å²) in [4.78, 5) is 6.85. The van der Waals surface area contributed by atoms with Crippen LogP contribution >= 0.6 is 11.6 Å². The summed E-state index contributed by atoms with van der Waals surface area (Å²) >= 11 is 6.24. The van der Waals surface area contributed by atoms with E-state index in [1.54, 1.807) is 0 Å². The Kier molecular flexibility index (Phi) is 5.02. The fraction of sp³-hybridized carbons (Fsp3) is 0.643. The Balaban J connectivity index is 2.06. The molecule has 5 heteroatoms. The van der Waals surface area contributed by atoms with E-state index in [9.17, 15) is 0 Å². The van der Waals surface area contributed by atoms with Gasteiger partial charge in [-0.2, -0.15) is 0 Å². The van der Waals surface area contributed by atoms with Crippen LogP contribution in [-0.2, 0) is 11.3 Å². The van der Waals surface area contributed by atoms with E-state index in [0.29, 0.717) is 6.04 Å². The monoisotopic (exact) mass is 283 g/mol. The van der Waals surface area contributed by atoms with Crippen molar-refractivity contribution in [1.29, 1.82) is 0 Å². The highest BCUT2D eigenvalue weighted by molar-refractivity contribution is 6.31. The average molecular weight is 284 g/mol. The van der Waals surface area contributed by atoms with Crippen molar-refractivity contribution in [2.24, 2.45) is 0 Å². The number of hydrogen-bond acceptors (Lipinski definition) is 4. The maximum absolute atomic E-state index is 6.24. The van der Waals surface area contributed by atoms with Gasteiger partial charge in [0, 0.05) is 25.7 Å². The summed E-state index contributed by atoms with van der Waals surface area (Å²) in [5.41, 5.74) is 0.918. The second-order valence-corrected chi connectivity index (χ2v) is 5.41. The minimum atomic E-state index is 0.278. The van der Waals surface area contributed by atoms with E-state index in [0.717, 1.165) is 42.7 Å².